The largest absolute Gasteiger partial charge is 0.363 e. The average molecular weight is 406 g/mol. The van der Waals surface area contributed by atoms with Crippen molar-refractivity contribution in [2.45, 2.75) is 51.5 Å². The zero-order chi connectivity index (χ0) is 21.1. The normalized spacial score (nSPS) is 15.8. The fourth-order valence-electron chi connectivity index (χ4n) is 4.39. The lowest BCUT2D eigenvalue weighted by Crippen LogP contribution is -2.36. The van der Waals surface area contributed by atoms with Crippen LogP contribution in [0.15, 0.2) is 36.5 Å². The molecule has 3 aromatic rings. The van der Waals surface area contributed by atoms with Crippen LogP contribution in [0, 0.1) is 12.8 Å². The summed E-state index contributed by atoms with van der Waals surface area (Å²) in [6, 6.07) is 10.1. The lowest BCUT2D eigenvalue weighted by atomic mass is 9.88. The Balaban J connectivity index is 1.66. The molecule has 0 unspecified atom stereocenters. The van der Waals surface area contributed by atoms with Crippen LogP contribution in [0.1, 0.15) is 55.2 Å². The van der Waals surface area contributed by atoms with Gasteiger partial charge in [0.1, 0.15) is 11.6 Å². The molecule has 4 rings (SSSR count). The Morgan fingerprint density at radius 2 is 1.97 bits per heavy atom. The Bertz CT molecular complexity index is 1020. The second-order valence-electron chi connectivity index (χ2n) is 8.55. The number of rotatable bonds is 6. The highest BCUT2D eigenvalue weighted by atomic mass is 16.1. The summed E-state index contributed by atoms with van der Waals surface area (Å²) in [6.45, 7) is 1.90. The van der Waals surface area contributed by atoms with Gasteiger partial charge in [-0.3, -0.25) is 4.79 Å². The summed E-state index contributed by atoms with van der Waals surface area (Å²) < 4.78 is 0. The van der Waals surface area contributed by atoms with Crippen LogP contribution < -0.4 is 10.2 Å². The Labute approximate surface area is 178 Å². The molecule has 1 saturated carbocycles. The van der Waals surface area contributed by atoms with Crippen molar-refractivity contribution < 1.29 is 4.79 Å². The van der Waals surface area contributed by atoms with Gasteiger partial charge in [0.2, 0.25) is 5.91 Å². The van der Waals surface area contributed by atoms with Crippen molar-refractivity contribution in [3.63, 3.8) is 0 Å². The molecule has 1 aromatic carbocycles. The monoisotopic (exact) mass is 405 g/mol. The first-order valence-corrected chi connectivity index (χ1v) is 10.9. The van der Waals surface area contributed by atoms with Crippen molar-refractivity contribution in [1.29, 1.82) is 0 Å². The Kier molecular flexibility index (Phi) is 6.02. The van der Waals surface area contributed by atoms with Crippen LogP contribution in [-0.4, -0.2) is 35.0 Å². The van der Waals surface area contributed by atoms with Gasteiger partial charge in [-0.2, -0.15) is 0 Å². The van der Waals surface area contributed by atoms with E-state index in [4.69, 9.17) is 4.98 Å². The molecular weight excluding hydrogens is 374 g/mol. The Hall–Kier alpha value is -2.89. The first-order valence-electron chi connectivity index (χ1n) is 10.9. The van der Waals surface area contributed by atoms with Crippen LogP contribution in [0.5, 0.6) is 0 Å². The number of H-pyrrole nitrogens is 1. The molecule has 1 aliphatic carbocycles. The minimum Gasteiger partial charge on any atom is -0.363 e. The number of hydrogen-bond donors (Lipinski definition) is 2. The van der Waals surface area contributed by atoms with E-state index >= 15 is 0 Å². The van der Waals surface area contributed by atoms with Crippen molar-refractivity contribution in [2.75, 3.05) is 19.0 Å². The quantitative estimate of drug-likeness (QED) is 0.641. The molecule has 1 fully saturated rings. The molecule has 0 aliphatic heterocycles. The fourth-order valence-corrected chi connectivity index (χ4v) is 4.39. The van der Waals surface area contributed by atoms with Gasteiger partial charge in [-0.1, -0.05) is 37.5 Å². The second kappa shape index (κ2) is 8.86. The number of anilines is 1. The molecule has 1 amide bonds. The smallest absolute Gasteiger partial charge is 0.223 e. The van der Waals surface area contributed by atoms with Gasteiger partial charge in [0.05, 0.1) is 11.7 Å². The van der Waals surface area contributed by atoms with E-state index in [2.05, 4.69) is 27.4 Å². The van der Waals surface area contributed by atoms with E-state index in [9.17, 15) is 4.79 Å². The van der Waals surface area contributed by atoms with E-state index in [0.29, 0.717) is 12.2 Å². The summed E-state index contributed by atoms with van der Waals surface area (Å²) >= 11 is 0. The average Bonchev–Trinajstić information content (AvgIpc) is 3.16. The van der Waals surface area contributed by atoms with Gasteiger partial charge >= 0.3 is 0 Å². The predicted molar refractivity (Wildman–Crippen MR) is 121 cm³/mol. The summed E-state index contributed by atoms with van der Waals surface area (Å²) in [5.74, 6) is 1.84. The Morgan fingerprint density at radius 3 is 2.73 bits per heavy atom. The molecular formula is C24H31N5O. The maximum atomic E-state index is 13.1. The number of nitrogens with one attached hydrogen (secondary N) is 2. The highest BCUT2D eigenvalue weighted by Crippen LogP contribution is 2.28. The minimum absolute atomic E-state index is 0.112. The molecule has 2 N–H and O–H groups in total. The van der Waals surface area contributed by atoms with Crippen molar-refractivity contribution in [3.8, 4) is 0 Å². The number of aromatic nitrogens is 3. The highest BCUT2D eigenvalue weighted by Gasteiger charge is 2.26. The summed E-state index contributed by atoms with van der Waals surface area (Å²) in [5.41, 5.74) is 3.15. The van der Waals surface area contributed by atoms with Gasteiger partial charge in [-0.25, -0.2) is 9.97 Å². The molecule has 30 heavy (non-hydrogen) atoms. The minimum atomic E-state index is -0.195. The molecule has 2 aromatic heterocycles. The predicted octanol–water partition coefficient (Wildman–Crippen LogP) is 4.31. The number of fused-ring (bicyclic) bond motifs is 1. The first-order chi connectivity index (χ1) is 14.5. The molecule has 0 radical (unpaired) electrons. The van der Waals surface area contributed by atoms with Gasteiger partial charge in [-0.05, 0) is 31.4 Å². The van der Waals surface area contributed by atoms with Gasteiger partial charge in [-0.15, -0.1) is 0 Å². The molecule has 0 spiro atoms. The maximum absolute atomic E-state index is 13.1. The van der Waals surface area contributed by atoms with Gasteiger partial charge < -0.3 is 15.2 Å². The van der Waals surface area contributed by atoms with Gasteiger partial charge in [0, 0.05) is 49.6 Å². The zero-order valence-electron chi connectivity index (χ0n) is 18.1. The third-order valence-electron chi connectivity index (χ3n) is 6.05. The molecule has 158 valence electrons. The SMILES string of the molecule is Cc1nc([C@@H](Cc2c[nH]c3ccccc23)NC(=O)C2CCCCC2)cc(N(C)C)n1. The number of aromatic amines is 1. The van der Waals surface area contributed by atoms with Crippen LogP contribution in [-0.2, 0) is 11.2 Å². The number of benzene rings is 1. The van der Waals surface area contributed by atoms with E-state index in [-0.39, 0.29) is 17.9 Å². The molecule has 0 bridgehead atoms. The number of hydrogen-bond acceptors (Lipinski definition) is 4. The van der Waals surface area contributed by atoms with E-state index in [1.165, 1.54) is 17.4 Å². The third-order valence-corrected chi connectivity index (χ3v) is 6.05. The molecule has 1 aliphatic rings. The fraction of sp³-hybridized carbons (Fsp3) is 0.458. The number of para-hydroxylation sites is 1. The van der Waals surface area contributed by atoms with E-state index in [1.807, 2.05) is 50.3 Å². The van der Waals surface area contributed by atoms with Crippen LogP contribution in [0.2, 0.25) is 0 Å². The molecule has 0 saturated heterocycles. The van der Waals surface area contributed by atoms with Gasteiger partial charge in [0.15, 0.2) is 0 Å². The van der Waals surface area contributed by atoms with Gasteiger partial charge in [0.25, 0.3) is 0 Å². The van der Waals surface area contributed by atoms with Crippen molar-refractivity contribution in [2.24, 2.45) is 5.92 Å². The lowest BCUT2D eigenvalue weighted by Gasteiger charge is -2.25. The van der Waals surface area contributed by atoms with Crippen molar-refractivity contribution >= 4 is 22.6 Å². The number of carbonyl (C=O) groups is 1. The maximum Gasteiger partial charge on any atom is 0.223 e. The van der Waals surface area contributed by atoms with Crippen molar-refractivity contribution in [1.82, 2.24) is 20.3 Å². The standard InChI is InChI=1S/C24H31N5O/c1-16-26-22(14-23(27-16)29(2)3)21(28-24(30)17-9-5-4-6-10-17)13-18-15-25-20-12-8-7-11-19(18)20/h7-8,11-12,14-15,17,21,25H,4-6,9-10,13H2,1-3H3,(H,28,30)/t21-/m1/s1. The molecule has 2 heterocycles. The molecule has 6 nitrogen and oxygen atoms in total. The van der Waals surface area contributed by atoms with Crippen LogP contribution in [0.3, 0.4) is 0 Å². The summed E-state index contributed by atoms with van der Waals surface area (Å²) in [7, 11) is 3.95. The lowest BCUT2D eigenvalue weighted by molar-refractivity contribution is -0.126. The van der Waals surface area contributed by atoms with Crippen molar-refractivity contribution in [3.05, 3.63) is 53.6 Å². The van der Waals surface area contributed by atoms with Crippen LogP contribution >= 0.6 is 0 Å². The first kappa shape index (κ1) is 20.4. The third kappa shape index (κ3) is 4.48. The van der Waals surface area contributed by atoms with E-state index < -0.39 is 0 Å². The number of amides is 1. The summed E-state index contributed by atoms with van der Waals surface area (Å²) in [4.78, 5) is 27.7. The second-order valence-corrected chi connectivity index (χ2v) is 8.55. The molecule has 6 heteroatoms. The van der Waals surface area contributed by atoms with Crippen LogP contribution in [0.4, 0.5) is 5.82 Å². The highest BCUT2D eigenvalue weighted by molar-refractivity contribution is 5.83. The summed E-state index contributed by atoms with van der Waals surface area (Å²) in [5, 5.41) is 4.53. The van der Waals surface area contributed by atoms with E-state index in [0.717, 1.165) is 42.7 Å². The zero-order valence-corrected chi connectivity index (χ0v) is 18.1. The number of nitrogens with zero attached hydrogens (tertiary/aromatic N) is 3. The summed E-state index contributed by atoms with van der Waals surface area (Å²) in [6.07, 6.45) is 8.22. The molecule has 1 atom stereocenters. The topological polar surface area (TPSA) is 73.9 Å². The number of aryl methyl sites for hydroxylation is 1. The van der Waals surface area contributed by atoms with Crippen LogP contribution in [0.25, 0.3) is 10.9 Å². The Morgan fingerprint density at radius 1 is 1.20 bits per heavy atom. The number of carbonyl (C=O) groups excluding carboxylic acids is 1. The van der Waals surface area contributed by atoms with E-state index in [1.54, 1.807) is 0 Å².